The van der Waals surface area contributed by atoms with Crippen LogP contribution in [0.2, 0.25) is 0 Å². The standard InChI is InChI=1S/C18H27N3O3/c22-17(14-19-15-6-3-1-2-4-7-15)20-9-11-21(12-10-20)18(23)16-8-5-13-24-16/h5,8,13,15,19H,1-4,6-7,9-12,14H2. The van der Waals surface area contributed by atoms with Gasteiger partial charge < -0.3 is 19.5 Å². The largest absolute Gasteiger partial charge is 0.459 e. The lowest BCUT2D eigenvalue weighted by Crippen LogP contribution is -2.52. The van der Waals surface area contributed by atoms with Crippen LogP contribution in [0.4, 0.5) is 0 Å². The number of nitrogens with zero attached hydrogens (tertiary/aromatic N) is 2. The normalized spacial score (nSPS) is 20.0. The zero-order valence-corrected chi connectivity index (χ0v) is 14.2. The zero-order valence-electron chi connectivity index (χ0n) is 14.2. The Morgan fingerprint density at radius 2 is 1.71 bits per heavy atom. The van der Waals surface area contributed by atoms with Crippen LogP contribution in [0, 0.1) is 0 Å². The summed E-state index contributed by atoms with van der Waals surface area (Å²) in [6, 6.07) is 3.88. The molecule has 6 heteroatoms. The Kier molecular flexibility index (Phi) is 5.91. The van der Waals surface area contributed by atoms with Crippen molar-refractivity contribution in [3.63, 3.8) is 0 Å². The van der Waals surface area contributed by atoms with Gasteiger partial charge in [-0.3, -0.25) is 9.59 Å². The Balaban J connectivity index is 1.41. The van der Waals surface area contributed by atoms with Gasteiger partial charge in [-0.15, -0.1) is 0 Å². The first-order valence-electron chi connectivity index (χ1n) is 9.08. The molecule has 1 N–H and O–H groups in total. The predicted octanol–water partition coefficient (Wildman–Crippen LogP) is 1.88. The molecular formula is C18H27N3O3. The van der Waals surface area contributed by atoms with Crippen molar-refractivity contribution in [3.8, 4) is 0 Å². The van der Waals surface area contributed by atoms with E-state index in [4.69, 9.17) is 4.42 Å². The third-order valence-corrected chi connectivity index (χ3v) is 5.05. The highest BCUT2D eigenvalue weighted by Crippen LogP contribution is 2.17. The minimum absolute atomic E-state index is 0.0938. The van der Waals surface area contributed by atoms with E-state index in [0.29, 0.717) is 44.5 Å². The molecule has 0 bridgehead atoms. The van der Waals surface area contributed by atoms with Crippen LogP contribution in [0.15, 0.2) is 22.8 Å². The molecule has 0 radical (unpaired) electrons. The minimum Gasteiger partial charge on any atom is -0.459 e. The fourth-order valence-electron chi connectivity index (χ4n) is 3.54. The second kappa shape index (κ2) is 8.33. The highest BCUT2D eigenvalue weighted by atomic mass is 16.3. The van der Waals surface area contributed by atoms with E-state index in [1.54, 1.807) is 17.0 Å². The summed E-state index contributed by atoms with van der Waals surface area (Å²) in [7, 11) is 0. The average Bonchev–Trinajstić information content (AvgIpc) is 3.03. The Labute approximate surface area is 143 Å². The lowest BCUT2D eigenvalue weighted by atomic mass is 10.1. The van der Waals surface area contributed by atoms with E-state index in [0.717, 1.165) is 0 Å². The molecule has 1 aromatic heterocycles. The lowest BCUT2D eigenvalue weighted by molar-refractivity contribution is -0.131. The first kappa shape index (κ1) is 17.0. The fourth-order valence-corrected chi connectivity index (χ4v) is 3.54. The van der Waals surface area contributed by atoms with E-state index in [1.807, 2.05) is 4.90 Å². The second-order valence-electron chi connectivity index (χ2n) is 6.72. The molecule has 2 amide bonds. The van der Waals surface area contributed by atoms with Gasteiger partial charge in [0.05, 0.1) is 12.8 Å². The first-order valence-corrected chi connectivity index (χ1v) is 9.08. The van der Waals surface area contributed by atoms with E-state index >= 15 is 0 Å². The quantitative estimate of drug-likeness (QED) is 0.855. The highest BCUT2D eigenvalue weighted by Gasteiger charge is 2.26. The maximum atomic E-state index is 12.4. The van der Waals surface area contributed by atoms with Gasteiger partial charge in [-0.1, -0.05) is 25.7 Å². The minimum atomic E-state index is -0.0938. The van der Waals surface area contributed by atoms with Crippen LogP contribution in [-0.2, 0) is 4.79 Å². The van der Waals surface area contributed by atoms with Gasteiger partial charge in [-0.05, 0) is 25.0 Å². The summed E-state index contributed by atoms with van der Waals surface area (Å²) >= 11 is 0. The molecule has 1 saturated heterocycles. The van der Waals surface area contributed by atoms with Crippen molar-refractivity contribution in [2.45, 2.75) is 44.6 Å². The molecule has 0 spiro atoms. The van der Waals surface area contributed by atoms with Gasteiger partial charge in [-0.2, -0.15) is 0 Å². The van der Waals surface area contributed by atoms with Crippen LogP contribution in [0.5, 0.6) is 0 Å². The van der Waals surface area contributed by atoms with Gasteiger partial charge in [0.15, 0.2) is 5.76 Å². The third-order valence-electron chi connectivity index (χ3n) is 5.05. The fraction of sp³-hybridized carbons (Fsp3) is 0.667. The van der Waals surface area contributed by atoms with Gasteiger partial charge in [0.25, 0.3) is 5.91 Å². The zero-order chi connectivity index (χ0) is 16.8. The maximum Gasteiger partial charge on any atom is 0.289 e. The number of rotatable bonds is 4. The van der Waals surface area contributed by atoms with Gasteiger partial charge in [0.2, 0.25) is 5.91 Å². The van der Waals surface area contributed by atoms with Crippen LogP contribution >= 0.6 is 0 Å². The molecule has 2 aliphatic rings. The van der Waals surface area contributed by atoms with E-state index in [9.17, 15) is 9.59 Å². The van der Waals surface area contributed by atoms with Crippen LogP contribution in [-0.4, -0.2) is 60.4 Å². The Bertz CT molecular complexity index is 528. The third kappa shape index (κ3) is 4.38. The molecule has 2 fully saturated rings. The number of hydrogen-bond donors (Lipinski definition) is 1. The molecule has 24 heavy (non-hydrogen) atoms. The Morgan fingerprint density at radius 3 is 2.33 bits per heavy atom. The van der Waals surface area contributed by atoms with Crippen LogP contribution in [0.3, 0.4) is 0 Å². The molecule has 3 rings (SSSR count). The number of hydrogen-bond acceptors (Lipinski definition) is 4. The molecule has 0 unspecified atom stereocenters. The highest BCUT2D eigenvalue weighted by molar-refractivity contribution is 5.91. The molecule has 132 valence electrons. The molecule has 1 aliphatic carbocycles. The van der Waals surface area contributed by atoms with E-state index < -0.39 is 0 Å². The van der Waals surface area contributed by atoms with E-state index in [2.05, 4.69) is 5.32 Å². The van der Waals surface area contributed by atoms with Gasteiger partial charge in [0, 0.05) is 32.2 Å². The number of amides is 2. The van der Waals surface area contributed by atoms with Crippen molar-refractivity contribution in [3.05, 3.63) is 24.2 Å². The average molecular weight is 333 g/mol. The molecule has 1 aliphatic heterocycles. The van der Waals surface area contributed by atoms with Crippen LogP contribution in [0.1, 0.15) is 49.1 Å². The monoisotopic (exact) mass is 333 g/mol. The van der Waals surface area contributed by atoms with Crippen LogP contribution in [0.25, 0.3) is 0 Å². The smallest absolute Gasteiger partial charge is 0.289 e. The number of nitrogens with one attached hydrogen (secondary N) is 1. The first-order chi connectivity index (χ1) is 11.7. The molecular weight excluding hydrogens is 306 g/mol. The molecule has 1 aromatic rings. The number of furan rings is 1. The number of piperazine rings is 1. The summed E-state index contributed by atoms with van der Waals surface area (Å²) in [6.45, 7) is 2.73. The van der Waals surface area contributed by atoms with Gasteiger partial charge in [0.1, 0.15) is 0 Å². The van der Waals surface area contributed by atoms with Crippen molar-refractivity contribution in [1.82, 2.24) is 15.1 Å². The van der Waals surface area contributed by atoms with Crippen molar-refractivity contribution in [2.24, 2.45) is 0 Å². The summed E-state index contributed by atoms with van der Waals surface area (Å²) in [4.78, 5) is 28.2. The predicted molar refractivity (Wildman–Crippen MR) is 90.7 cm³/mol. The van der Waals surface area contributed by atoms with Crippen LogP contribution < -0.4 is 5.32 Å². The molecule has 0 aromatic carbocycles. The molecule has 2 heterocycles. The van der Waals surface area contributed by atoms with Gasteiger partial charge in [-0.25, -0.2) is 0 Å². The van der Waals surface area contributed by atoms with Gasteiger partial charge >= 0.3 is 0 Å². The topological polar surface area (TPSA) is 65.8 Å². The van der Waals surface area contributed by atoms with Crippen molar-refractivity contribution in [1.29, 1.82) is 0 Å². The Morgan fingerprint density at radius 1 is 1.04 bits per heavy atom. The lowest BCUT2D eigenvalue weighted by Gasteiger charge is -2.34. The van der Waals surface area contributed by atoms with E-state index in [-0.39, 0.29) is 11.8 Å². The summed E-state index contributed by atoms with van der Waals surface area (Å²) in [6.07, 6.45) is 9.03. The summed E-state index contributed by atoms with van der Waals surface area (Å²) in [5.41, 5.74) is 0. The molecule has 1 saturated carbocycles. The SMILES string of the molecule is O=C(CNC1CCCCCC1)N1CCN(C(=O)c2ccco2)CC1. The summed E-state index contributed by atoms with van der Waals surface area (Å²) in [5, 5.41) is 3.43. The van der Waals surface area contributed by atoms with E-state index in [1.165, 1.54) is 44.8 Å². The Hall–Kier alpha value is -1.82. The number of carbonyl (C=O) groups is 2. The summed E-state index contributed by atoms with van der Waals surface area (Å²) in [5.74, 6) is 0.415. The molecule has 6 nitrogen and oxygen atoms in total. The van der Waals surface area contributed by atoms with Crippen molar-refractivity contribution in [2.75, 3.05) is 32.7 Å². The van der Waals surface area contributed by atoms with Crippen molar-refractivity contribution >= 4 is 11.8 Å². The summed E-state index contributed by atoms with van der Waals surface area (Å²) < 4.78 is 5.16. The van der Waals surface area contributed by atoms with Crippen molar-refractivity contribution < 1.29 is 14.0 Å². The second-order valence-corrected chi connectivity index (χ2v) is 6.72. The maximum absolute atomic E-state index is 12.4. The number of carbonyl (C=O) groups excluding carboxylic acids is 2. The molecule has 0 atom stereocenters.